The number of aliphatic imine (C=N–C) groups is 1. The van der Waals surface area contributed by atoms with Crippen molar-refractivity contribution in [2.45, 2.75) is 19.8 Å². The van der Waals surface area contributed by atoms with Gasteiger partial charge >= 0.3 is 0 Å². The van der Waals surface area contributed by atoms with E-state index in [1.165, 1.54) is 0 Å². The van der Waals surface area contributed by atoms with Gasteiger partial charge in [-0.2, -0.15) is 5.26 Å². The summed E-state index contributed by atoms with van der Waals surface area (Å²) in [5.74, 6) is 0.0865. The van der Waals surface area contributed by atoms with Crippen LogP contribution < -0.4 is 5.73 Å². The molecule has 0 saturated carbocycles. The van der Waals surface area contributed by atoms with Gasteiger partial charge in [-0.15, -0.1) is 0 Å². The van der Waals surface area contributed by atoms with E-state index >= 15 is 0 Å². The van der Waals surface area contributed by atoms with E-state index in [0.29, 0.717) is 6.54 Å². The maximum absolute atomic E-state index is 8.13. The Labute approximate surface area is 55.2 Å². The Morgan fingerprint density at radius 1 is 1.78 bits per heavy atom. The van der Waals surface area contributed by atoms with E-state index in [2.05, 4.69) is 11.9 Å². The number of unbranched alkanes of at least 4 members (excludes halogenated alkanes) is 1. The molecular formula is C6H11N3. The lowest BCUT2D eigenvalue weighted by molar-refractivity contribution is 0.808. The van der Waals surface area contributed by atoms with Crippen LogP contribution >= 0.6 is 0 Å². The van der Waals surface area contributed by atoms with Crippen LogP contribution in [-0.4, -0.2) is 12.4 Å². The smallest absolute Gasteiger partial charge is 0.198 e. The molecular weight excluding hydrogens is 114 g/mol. The van der Waals surface area contributed by atoms with Crippen molar-refractivity contribution in [3.63, 3.8) is 0 Å². The second-order valence-electron chi connectivity index (χ2n) is 1.73. The van der Waals surface area contributed by atoms with Crippen molar-refractivity contribution in [2.75, 3.05) is 6.54 Å². The number of rotatable bonds is 3. The largest absolute Gasteiger partial charge is 0.375 e. The molecule has 0 aliphatic rings. The molecule has 0 spiro atoms. The first-order valence-electron chi connectivity index (χ1n) is 3.01. The molecule has 0 unspecified atom stereocenters. The Morgan fingerprint density at radius 3 is 2.89 bits per heavy atom. The second kappa shape index (κ2) is 5.10. The van der Waals surface area contributed by atoms with Crippen LogP contribution in [0.4, 0.5) is 0 Å². The van der Waals surface area contributed by atoms with Crippen molar-refractivity contribution in [3.05, 3.63) is 0 Å². The molecule has 0 bridgehead atoms. The van der Waals surface area contributed by atoms with E-state index in [0.717, 1.165) is 12.8 Å². The summed E-state index contributed by atoms with van der Waals surface area (Å²) in [6.07, 6.45) is 2.09. The van der Waals surface area contributed by atoms with Gasteiger partial charge in [0.2, 0.25) is 0 Å². The van der Waals surface area contributed by atoms with Gasteiger partial charge < -0.3 is 5.73 Å². The van der Waals surface area contributed by atoms with Crippen LogP contribution in [0.2, 0.25) is 0 Å². The summed E-state index contributed by atoms with van der Waals surface area (Å²) >= 11 is 0. The monoisotopic (exact) mass is 125 g/mol. The lowest BCUT2D eigenvalue weighted by Crippen LogP contribution is -2.08. The molecule has 50 valence electrons. The van der Waals surface area contributed by atoms with Gasteiger partial charge in [-0.1, -0.05) is 13.3 Å². The van der Waals surface area contributed by atoms with Gasteiger partial charge in [0.1, 0.15) is 6.07 Å². The summed E-state index contributed by atoms with van der Waals surface area (Å²) in [5.41, 5.74) is 5.10. The zero-order valence-corrected chi connectivity index (χ0v) is 5.59. The molecule has 0 aliphatic heterocycles. The molecule has 0 aliphatic carbocycles. The summed E-state index contributed by atoms with van der Waals surface area (Å²) in [7, 11) is 0. The summed E-state index contributed by atoms with van der Waals surface area (Å²) in [4.78, 5) is 3.77. The van der Waals surface area contributed by atoms with Crippen molar-refractivity contribution >= 4 is 5.84 Å². The lowest BCUT2D eigenvalue weighted by atomic mass is 10.3. The molecule has 0 aromatic rings. The number of nitrogens with zero attached hydrogens (tertiary/aromatic N) is 2. The minimum atomic E-state index is 0.0865. The molecule has 0 amide bonds. The number of amidine groups is 1. The molecule has 0 aromatic carbocycles. The maximum atomic E-state index is 8.13. The van der Waals surface area contributed by atoms with Gasteiger partial charge in [-0.25, -0.2) is 0 Å². The van der Waals surface area contributed by atoms with Crippen LogP contribution in [-0.2, 0) is 0 Å². The minimum Gasteiger partial charge on any atom is -0.375 e. The first-order valence-corrected chi connectivity index (χ1v) is 3.01. The fourth-order valence-corrected chi connectivity index (χ4v) is 0.393. The normalized spacial score (nSPS) is 10.9. The Hall–Kier alpha value is -1.04. The predicted octanol–water partition coefficient (Wildman–Crippen LogP) is 0.667. The van der Waals surface area contributed by atoms with Crippen molar-refractivity contribution < 1.29 is 0 Å². The summed E-state index contributed by atoms with van der Waals surface area (Å²) in [6.45, 7) is 2.74. The van der Waals surface area contributed by atoms with Crippen molar-refractivity contribution in [2.24, 2.45) is 10.7 Å². The van der Waals surface area contributed by atoms with Crippen molar-refractivity contribution in [1.29, 1.82) is 5.26 Å². The van der Waals surface area contributed by atoms with Crippen LogP contribution in [0.3, 0.4) is 0 Å². The van der Waals surface area contributed by atoms with E-state index in [1.807, 2.05) is 0 Å². The van der Waals surface area contributed by atoms with Crippen LogP contribution in [0.5, 0.6) is 0 Å². The molecule has 0 aromatic heterocycles. The predicted molar refractivity (Wildman–Crippen MR) is 37.0 cm³/mol. The average molecular weight is 125 g/mol. The minimum absolute atomic E-state index is 0.0865. The van der Waals surface area contributed by atoms with E-state index in [-0.39, 0.29) is 5.84 Å². The molecule has 0 fully saturated rings. The molecule has 0 rings (SSSR count). The number of nitrogens with two attached hydrogens (primary N) is 1. The maximum Gasteiger partial charge on any atom is 0.198 e. The second-order valence-corrected chi connectivity index (χ2v) is 1.73. The number of hydrogen-bond donors (Lipinski definition) is 1. The molecule has 2 N–H and O–H groups in total. The molecule has 3 nitrogen and oxygen atoms in total. The Morgan fingerprint density at radius 2 is 2.44 bits per heavy atom. The lowest BCUT2D eigenvalue weighted by Gasteiger charge is -1.87. The average Bonchev–Trinajstić information content (AvgIpc) is 1.89. The highest BCUT2D eigenvalue weighted by molar-refractivity contribution is 5.94. The summed E-state index contributed by atoms with van der Waals surface area (Å²) in [5, 5.41) is 8.13. The van der Waals surface area contributed by atoms with E-state index < -0.39 is 0 Å². The summed E-state index contributed by atoms with van der Waals surface area (Å²) in [6, 6.07) is 1.75. The molecule has 0 radical (unpaired) electrons. The Balaban J connectivity index is 3.35. The van der Waals surface area contributed by atoms with Gasteiger partial charge in [0, 0.05) is 6.54 Å². The highest BCUT2D eigenvalue weighted by Crippen LogP contribution is 1.85. The molecule has 0 heterocycles. The van der Waals surface area contributed by atoms with Crippen molar-refractivity contribution in [3.8, 4) is 6.07 Å². The van der Waals surface area contributed by atoms with Crippen LogP contribution in [0.25, 0.3) is 0 Å². The quantitative estimate of drug-likeness (QED) is 0.342. The number of nitriles is 1. The topological polar surface area (TPSA) is 62.2 Å². The molecule has 0 atom stereocenters. The highest BCUT2D eigenvalue weighted by Gasteiger charge is 1.83. The number of hydrogen-bond acceptors (Lipinski definition) is 2. The third-order valence-corrected chi connectivity index (χ3v) is 0.908. The Bertz CT molecular complexity index is 132. The van der Waals surface area contributed by atoms with E-state index in [4.69, 9.17) is 11.0 Å². The van der Waals surface area contributed by atoms with Gasteiger partial charge in [-0.05, 0) is 6.42 Å². The first kappa shape index (κ1) is 7.96. The Kier molecular flexibility index (Phi) is 4.51. The van der Waals surface area contributed by atoms with Gasteiger partial charge in [0.05, 0.1) is 0 Å². The van der Waals surface area contributed by atoms with Crippen LogP contribution in [0.15, 0.2) is 4.99 Å². The van der Waals surface area contributed by atoms with Gasteiger partial charge in [-0.3, -0.25) is 4.99 Å². The zero-order chi connectivity index (χ0) is 7.11. The van der Waals surface area contributed by atoms with Gasteiger partial charge in [0.15, 0.2) is 5.84 Å². The fourth-order valence-electron chi connectivity index (χ4n) is 0.393. The SMILES string of the molecule is CCCCN=C(N)C#N. The molecule has 9 heavy (non-hydrogen) atoms. The third-order valence-electron chi connectivity index (χ3n) is 0.908. The zero-order valence-electron chi connectivity index (χ0n) is 5.59. The van der Waals surface area contributed by atoms with E-state index in [9.17, 15) is 0 Å². The van der Waals surface area contributed by atoms with Gasteiger partial charge in [0.25, 0.3) is 0 Å². The first-order chi connectivity index (χ1) is 4.31. The fraction of sp³-hybridized carbons (Fsp3) is 0.667. The third kappa shape index (κ3) is 4.82. The summed E-state index contributed by atoms with van der Waals surface area (Å²) < 4.78 is 0. The van der Waals surface area contributed by atoms with Crippen LogP contribution in [0, 0.1) is 11.3 Å². The van der Waals surface area contributed by atoms with E-state index in [1.54, 1.807) is 6.07 Å². The van der Waals surface area contributed by atoms with Crippen LogP contribution in [0.1, 0.15) is 19.8 Å². The molecule has 3 heteroatoms. The van der Waals surface area contributed by atoms with Crippen molar-refractivity contribution in [1.82, 2.24) is 0 Å². The molecule has 0 saturated heterocycles. The standard InChI is InChI=1S/C6H11N3/c1-2-3-4-9-6(8)5-7/h2-4H2,1H3,(H2,8,9). The highest BCUT2D eigenvalue weighted by atomic mass is 14.8.